The lowest BCUT2D eigenvalue weighted by atomic mass is 10.1. The SMILES string of the molecule is Cc1ccccc1CNC(=O)CN1CCCN(c2ccc(F)cc2)CC1. The molecule has 0 atom stereocenters. The molecule has 1 saturated heterocycles. The van der Waals surface area contributed by atoms with Crippen LogP contribution < -0.4 is 10.2 Å². The molecule has 1 aliphatic heterocycles. The van der Waals surface area contributed by atoms with Gasteiger partial charge in [0.1, 0.15) is 5.82 Å². The number of hydrogen-bond donors (Lipinski definition) is 1. The van der Waals surface area contributed by atoms with Gasteiger partial charge in [0.25, 0.3) is 0 Å². The summed E-state index contributed by atoms with van der Waals surface area (Å²) in [6.07, 6.45) is 0.989. The molecule has 3 rings (SSSR count). The second-order valence-electron chi connectivity index (χ2n) is 6.80. The molecule has 1 heterocycles. The molecule has 26 heavy (non-hydrogen) atoms. The Bertz CT molecular complexity index is 732. The molecule has 1 aliphatic rings. The summed E-state index contributed by atoms with van der Waals surface area (Å²) in [6.45, 7) is 6.54. The van der Waals surface area contributed by atoms with Crippen molar-refractivity contribution in [1.29, 1.82) is 0 Å². The number of hydrogen-bond acceptors (Lipinski definition) is 3. The minimum atomic E-state index is -0.212. The van der Waals surface area contributed by atoms with Crippen LogP contribution in [0.25, 0.3) is 0 Å². The number of benzene rings is 2. The van der Waals surface area contributed by atoms with Crippen molar-refractivity contribution in [3.05, 3.63) is 65.5 Å². The standard InChI is InChI=1S/C21H26FN3O/c1-17-5-2-3-6-18(17)15-23-21(26)16-24-11-4-12-25(14-13-24)20-9-7-19(22)8-10-20/h2-3,5-10H,4,11-16H2,1H3,(H,23,26). The largest absolute Gasteiger partial charge is 0.370 e. The van der Waals surface area contributed by atoms with E-state index in [2.05, 4.69) is 28.1 Å². The van der Waals surface area contributed by atoms with Crippen molar-refractivity contribution in [3.8, 4) is 0 Å². The summed E-state index contributed by atoms with van der Waals surface area (Å²) in [5.74, 6) is -0.154. The number of rotatable bonds is 5. The fourth-order valence-electron chi connectivity index (χ4n) is 3.30. The highest BCUT2D eigenvalue weighted by atomic mass is 19.1. The van der Waals surface area contributed by atoms with E-state index >= 15 is 0 Å². The van der Waals surface area contributed by atoms with Gasteiger partial charge in [0.2, 0.25) is 5.91 Å². The fraction of sp³-hybridized carbons (Fsp3) is 0.381. The molecular formula is C21H26FN3O. The number of nitrogens with zero attached hydrogens (tertiary/aromatic N) is 2. The maximum Gasteiger partial charge on any atom is 0.234 e. The van der Waals surface area contributed by atoms with Gasteiger partial charge >= 0.3 is 0 Å². The van der Waals surface area contributed by atoms with Crippen molar-refractivity contribution in [3.63, 3.8) is 0 Å². The minimum Gasteiger partial charge on any atom is -0.370 e. The predicted molar refractivity (Wildman–Crippen MR) is 103 cm³/mol. The molecule has 1 fully saturated rings. The summed E-state index contributed by atoms with van der Waals surface area (Å²) in [4.78, 5) is 16.7. The van der Waals surface area contributed by atoms with Gasteiger partial charge in [-0.2, -0.15) is 0 Å². The number of amides is 1. The van der Waals surface area contributed by atoms with Crippen LogP contribution in [-0.4, -0.2) is 43.5 Å². The molecule has 1 N–H and O–H groups in total. The lowest BCUT2D eigenvalue weighted by Gasteiger charge is -2.23. The zero-order chi connectivity index (χ0) is 18.4. The number of anilines is 1. The highest BCUT2D eigenvalue weighted by Crippen LogP contribution is 2.17. The molecule has 0 aliphatic carbocycles. The summed E-state index contributed by atoms with van der Waals surface area (Å²) in [5.41, 5.74) is 3.38. The minimum absolute atomic E-state index is 0.0588. The first kappa shape index (κ1) is 18.4. The normalized spacial score (nSPS) is 15.5. The van der Waals surface area contributed by atoms with Crippen LogP contribution in [0.4, 0.5) is 10.1 Å². The van der Waals surface area contributed by atoms with Gasteiger partial charge in [-0.25, -0.2) is 4.39 Å². The topological polar surface area (TPSA) is 35.6 Å². The molecule has 1 amide bonds. The van der Waals surface area contributed by atoms with Gasteiger partial charge in [-0.3, -0.25) is 9.69 Å². The second kappa shape index (κ2) is 8.81. The maximum absolute atomic E-state index is 13.1. The third kappa shape index (κ3) is 5.05. The smallest absolute Gasteiger partial charge is 0.234 e. The van der Waals surface area contributed by atoms with Gasteiger partial charge in [0.05, 0.1) is 6.54 Å². The third-order valence-electron chi connectivity index (χ3n) is 4.88. The molecule has 2 aromatic rings. The number of nitrogens with one attached hydrogen (secondary N) is 1. The number of carbonyl (C=O) groups excluding carboxylic acids is 1. The van der Waals surface area contributed by atoms with Crippen molar-refractivity contribution in [2.75, 3.05) is 37.6 Å². The average molecular weight is 355 g/mol. The van der Waals surface area contributed by atoms with Gasteiger partial charge in [-0.05, 0) is 48.7 Å². The van der Waals surface area contributed by atoms with E-state index in [1.807, 2.05) is 30.3 Å². The van der Waals surface area contributed by atoms with Crippen LogP contribution in [0.3, 0.4) is 0 Å². The van der Waals surface area contributed by atoms with Crippen LogP contribution >= 0.6 is 0 Å². The molecule has 5 heteroatoms. The van der Waals surface area contributed by atoms with E-state index in [-0.39, 0.29) is 11.7 Å². The van der Waals surface area contributed by atoms with Crippen LogP contribution in [0.2, 0.25) is 0 Å². The first-order chi connectivity index (χ1) is 12.6. The molecular weight excluding hydrogens is 329 g/mol. The van der Waals surface area contributed by atoms with Gasteiger partial charge in [-0.15, -0.1) is 0 Å². The van der Waals surface area contributed by atoms with E-state index in [0.717, 1.165) is 43.9 Å². The monoisotopic (exact) mass is 355 g/mol. The summed E-state index contributed by atoms with van der Waals surface area (Å²) >= 11 is 0. The molecule has 0 radical (unpaired) electrons. The molecule has 0 spiro atoms. The van der Waals surface area contributed by atoms with Crippen LogP contribution in [0.1, 0.15) is 17.5 Å². The Morgan fingerprint density at radius 2 is 1.81 bits per heavy atom. The molecule has 2 aromatic carbocycles. The van der Waals surface area contributed by atoms with Crippen LogP contribution in [-0.2, 0) is 11.3 Å². The Morgan fingerprint density at radius 1 is 1.04 bits per heavy atom. The zero-order valence-electron chi connectivity index (χ0n) is 15.2. The van der Waals surface area contributed by atoms with Crippen molar-refractivity contribution >= 4 is 11.6 Å². The van der Waals surface area contributed by atoms with Crippen molar-refractivity contribution < 1.29 is 9.18 Å². The summed E-state index contributed by atoms with van der Waals surface area (Å²) in [6, 6.07) is 14.7. The molecule has 0 bridgehead atoms. The fourth-order valence-corrected chi connectivity index (χ4v) is 3.30. The molecule has 138 valence electrons. The van der Waals surface area contributed by atoms with E-state index in [1.165, 1.54) is 17.7 Å². The van der Waals surface area contributed by atoms with Gasteiger partial charge in [0.15, 0.2) is 0 Å². The van der Waals surface area contributed by atoms with Crippen LogP contribution in [0.5, 0.6) is 0 Å². The first-order valence-corrected chi connectivity index (χ1v) is 9.16. The zero-order valence-corrected chi connectivity index (χ0v) is 15.2. The Labute approximate surface area is 154 Å². The van der Waals surface area contributed by atoms with Gasteiger partial charge in [0, 0.05) is 38.4 Å². The van der Waals surface area contributed by atoms with E-state index in [4.69, 9.17) is 0 Å². The van der Waals surface area contributed by atoms with E-state index < -0.39 is 0 Å². The van der Waals surface area contributed by atoms with Crippen molar-refractivity contribution in [1.82, 2.24) is 10.2 Å². The van der Waals surface area contributed by atoms with Gasteiger partial charge in [-0.1, -0.05) is 24.3 Å². The second-order valence-corrected chi connectivity index (χ2v) is 6.80. The van der Waals surface area contributed by atoms with Crippen LogP contribution in [0.15, 0.2) is 48.5 Å². The van der Waals surface area contributed by atoms with Crippen molar-refractivity contribution in [2.24, 2.45) is 0 Å². The Hall–Kier alpha value is -2.40. The van der Waals surface area contributed by atoms with E-state index in [9.17, 15) is 9.18 Å². The lowest BCUT2D eigenvalue weighted by Crippen LogP contribution is -2.39. The molecule has 0 saturated carbocycles. The van der Waals surface area contributed by atoms with E-state index in [1.54, 1.807) is 0 Å². The molecule has 4 nitrogen and oxygen atoms in total. The van der Waals surface area contributed by atoms with Crippen molar-refractivity contribution in [2.45, 2.75) is 19.9 Å². The Balaban J connectivity index is 1.47. The number of halogens is 1. The molecule has 0 unspecified atom stereocenters. The lowest BCUT2D eigenvalue weighted by molar-refractivity contribution is -0.122. The summed E-state index contributed by atoms with van der Waals surface area (Å²) < 4.78 is 13.1. The maximum atomic E-state index is 13.1. The summed E-state index contributed by atoms with van der Waals surface area (Å²) in [5, 5.41) is 3.02. The average Bonchev–Trinajstić information content (AvgIpc) is 2.87. The van der Waals surface area contributed by atoms with Gasteiger partial charge < -0.3 is 10.2 Å². The number of aryl methyl sites for hydroxylation is 1. The summed E-state index contributed by atoms with van der Waals surface area (Å²) in [7, 11) is 0. The Morgan fingerprint density at radius 3 is 2.58 bits per heavy atom. The highest BCUT2D eigenvalue weighted by molar-refractivity contribution is 5.78. The molecule has 0 aromatic heterocycles. The van der Waals surface area contributed by atoms with Crippen LogP contribution in [0, 0.1) is 12.7 Å². The highest BCUT2D eigenvalue weighted by Gasteiger charge is 2.17. The quantitative estimate of drug-likeness (QED) is 0.896. The van der Waals surface area contributed by atoms with E-state index in [0.29, 0.717) is 13.1 Å². The number of carbonyl (C=O) groups is 1. The Kier molecular flexibility index (Phi) is 6.23. The third-order valence-corrected chi connectivity index (χ3v) is 4.88. The first-order valence-electron chi connectivity index (χ1n) is 9.16. The predicted octanol–water partition coefficient (Wildman–Crippen LogP) is 2.96.